The smallest absolute Gasteiger partial charge is 0.118 e. The van der Waals surface area contributed by atoms with Crippen molar-refractivity contribution in [2.75, 3.05) is 13.7 Å². The average Bonchev–Trinajstić information content (AvgIpc) is 2.54. The molecule has 0 aliphatic heterocycles. The van der Waals surface area contributed by atoms with Gasteiger partial charge in [-0.05, 0) is 24.1 Å². The van der Waals surface area contributed by atoms with Crippen molar-refractivity contribution >= 4 is 0 Å². The highest BCUT2D eigenvalue weighted by Crippen LogP contribution is 2.20. The Bertz CT molecular complexity index is 429. The highest BCUT2D eigenvalue weighted by Gasteiger charge is 2.26. The van der Waals surface area contributed by atoms with Crippen molar-refractivity contribution in [3.05, 3.63) is 42.5 Å². The van der Waals surface area contributed by atoms with E-state index in [0.29, 0.717) is 19.6 Å². The Kier molecular flexibility index (Phi) is 8.17. The maximum Gasteiger partial charge on any atom is 0.118 e. The first-order valence-electron chi connectivity index (χ1n) is 7.67. The highest BCUT2D eigenvalue weighted by molar-refractivity contribution is 5.26. The van der Waals surface area contributed by atoms with Gasteiger partial charge in [-0.2, -0.15) is 0 Å². The fourth-order valence-corrected chi connectivity index (χ4v) is 2.31. The van der Waals surface area contributed by atoms with Crippen LogP contribution in [0.5, 0.6) is 5.75 Å². The molecule has 0 saturated heterocycles. The van der Waals surface area contributed by atoms with Crippen LogP contribution in [-0.4, -0.2) is 36.1 Å². The molecule has 0 radical (unpaired) electrons. The predicted octanol–water partition coefficient (Wildman–Crippen LogP) is 2.78. The third-order valence-corrected chi connectivity index (χ3v) is 3.95. The Morgan fingerprint density at radius 1 is 1.18 bits per heavy atom. The van der Waals surface area contributed by atoms with Gasteiger partial charge in [0.25, 0.3) is 0 Å². The zero-order chi connectivity index (χ0) is 16.5. The molecule has 1 aromatic carbocycles. The molecule has 0 aromatic heterocycles. The molecule has 0 unspecified atom stereocenters. The van der Waals surface area contributed by atoms with Crippen LogP contribution in [0.4, 0.5) is 0 Å². The van der Waals surface area contributed by atoms with Gasteiger partial charge in [0.15, 0.2) is 0 Å². The average molecular weight is 308 g/mol. The number of aliphatic hydroxyl groups is 2. The number of aliphatic hydroxyl groups excluding tert-OH is 2. The van der Waals surface area contributed by atoms with Crippen LogP contribution in [0.2, 0.25) is 0 Å². The predicted molar refractivity (Wildman–Crippen MR) is 87.8 cm³/mol. The second kappa shape index (κ2) is 9.62. The van der Waals surface area contributed by atoms with Crippen LogP contribution in [-0.2, 0) is 11.3 Å². The zero-order valence-corrected chi connectivity index (χ0v) is 13.7. The first kappa shape index (κ1) is 18.7. The molecule has 0 aliphatic rings. The molecule has 4 heteroatoms. The molecule has 4 nitrogen and oxygen atoms in total. The summed E-state index contributed by atoms with van der Waals surface area (Å²) in [5.41, 5.74) is 1.06. The molecule has 0 aliphatic carbocycles. The van der Waals surface area contributed by atoms with Gasteiger partial charge in [-0.15, -0.1) is 6.58 Å². The van der Waals surface area contributed by atoms with Gasteiger partial charge in [-0.25, -0.2) is 0 Å². The molecule has 1 rings (SSSR count). The van der Waals surface area contributed by atoms with Crippen LogP contribution in [0.3, 0.4) is 0 Å². The van der Waals surface area contributed by atoms with Crippen molar-refractivity contribution in [2.24, 2.45) is 11.8 Å². The SMILES string of the molecule is C=CC[C@@H](O)[C@H](C)[C@@H](O)[C@@H](C)COCc1ccc(OC)cc1. The maximum absolute atomic E-state index is 10.3. The van der Waals surface area contributed by atoms with Crippen LogP contribution in [0.1, 0.15) is 25.8 Å². The summed E-state index contributed by atoms with van der Waals surface area (Å²) in [6.07, 6.45) is 0.971. The second-order valence-corrected chi connectivity index (χ2v) is 5.78. The molecule has 124 valence electrons. The Balaban J connectivity index is 2.37. The molecule has 4 atom stereocenters. The molecule has 0 heterocycles. The zero-order valence-electron chi connectivity index (χ0n) is 13.7. The van der Waals surface area contributed by atoms with E-state index < -0.39 is 12.2 Å². The van der Waals surface area contributed by atoms with E-state index in [-0.39, 0.29) is 11.8 Å². The van der Waals surface area contributed by atoms with Crippen molar-refractivity contribution in [1.82, 2.24) is 0 Å². The number of hydrogen-bond donors (Lipinski definition) is 2. The lowest BCUT2D eigenvalue weighted by Gasteiger charge is -2.28. The summed E-state index contributed by atoms with van der Waals surface area (Å²) in [5, 5.41) is 20.2. The van der Waals surface area contributed by atoms with E-state index in [1.165, 1.54) is 0 Å². The molecular formula is C18H28O4. The molecular weight excluding hydrogens is 280 g/mol. The summed E-state index contributed by atoms with van der Waals surface area (Å²) in [7, 11) is 1.64. The van der Waals surface area contributed by atoms with Crippen LogP contribution >= 0.6 is 0 Å². The highest BCUT2D eigenvalue weighted by atomic mass is 16.5. The topological polar surface area (TPSA) is 58.9 Å². The Hall–Kier alpha value is -1.36. The molecule has 0 fully saturated rings. The van der Waals surface area contributed by atoms with Crippen molar-refractivity contribution in [3.63, 3.8) is 0 Å². The molecule has 0 bridgehead atoms. The van der Waals surface area contributed by atoms with Gasteiger partial charge >= 0.3 is 0 Å². The summed E-state index contributed by atoms with van der Waals surface area (Å²) >= 11 is 0. The second-order valence-electron chi connectivity index (χ2n) is 5.78. The summed E-state index contributed by atoms with van der Waals surface area (Å²) < 4.78 is 10.8. The molecule has 22 heavy (non-hydrogen) atoms. The van der Waals surface area contributed by atoms with Gasteiger partial charge in [0, 0.05) is 11.8 Å². The lowest BCUT2D eigenvalue weighted by Crippen LogP contribution is -2.35. The standard InChI is InChI=1S/C18H28O4/c1-5-6-17(19)14(3)18(20)13(2)11-22-12-15-7-9-16(21-4)10-8-15/h5,7-10,13-14,17-20H,1,6,11-12H2,2-4H3/t13-,14-,17+,18-/m0/s1. The third-order valence-electron chi connectivity index (χ3n) is 3.95. The van der Waals surface area contributed by atoms with E-state index in [1.54, 1.807) is 13.2 Å². The van der Waals surface area contributed by atoms with Crippen molar-refractivity contribution in [3.8, 4) is 5.75 Å². The van der Waals surface area contributed by atoms with E-state index in [4.69, 9.17) is 9.47 Å². The van der Waals surface area contributed by atoms with Gasteiger partial charge < -0.3 is 19.7 Å². The van der Waals surface area contributed by atoms with Crippen molar-refractivity contribution in [2.45, 2.75) is 39.1 Å². The number of ether oxygens (including phenoxy) is 2. The molecule has 2 N–H and O–H groups in total. The largest absolute Gasteiger partial charge is 0.497 e. The minimum absolute atomic E-state index is 0.0484. The van der Waals surface area contributed by atoms with Gasteiger partial charge in [-0.3, -0.25) is 0 Å². The lowest BCUT2D eigenvalue weighted by molar-refractivity contribution is -0.0333. The van der Waals surface area contributed by atoms with Gasteiger partial charge in [0.2, 0.25) is 0 Å². The van der Waals surface area contributed by atoms with Crippen LogP contribution < -0.4 is 4.74 Å². The van der Waals surface area contributed by atoms with E-state index in [1.807, 2.05) is 38.1 Å². The molecule has 0 amide bonds. The lowest BCUT2D eigenvalue weighted by atomic mass is 9.88. The van der Waals surface area contributed by atoms with Gasteiger partial charge in [0.05, 0.1) is 32.5 Å². The molecule has 1 aromatic rings. The molecule has 0 spiro atoms. The Labute approximate surface area is 133 Å². The van der Waals surface area contributed by atoms with E-state index in [9.17, 15) is 10.2 Å². The Morgan fingerprint density at radius 3 is 2.36 bits per heavy atom. The number of hydrogen-bond acceptors (Lipinski definition) is 4. The Morgan fingerprint density at radius 2 is 1.82 bits per heavy atom. The summed E-state index contributed by atoms with van der Waals surface area (Å²) in [6, 6.07) is 7.70. The minimum Gasteiger partial charge on any atom is -0.497 e. The molecule has 0 saturated carbocycles. The minimum atomic E-state index is -0.606. The maximum atomic E-state index is 10.3. The van der Waals surface area contributed by atoms with Crippen molar-refractivity contribution in [1.29, 1.82) is 0 Å². The quantitative estimate of drug-likeness (QED) is 0.653. The number of rotatable bonds is 10. The van der Waals surface area contributed by atoms with E-state index in [2.05, 4.69) is 6.58 Å². The normalized spacial score (nSPS) is 16.6. The first-order chi connectivity index (χ1) is 10.5. The first-order valence-corrected chi connectivity index (χ1v) is 7.67. The summed E-state index contributed by atoms with van der Waals surface area (Å²) in [5.74, 6) is 0.558. The van der Waals surface area contributed by atoms with Gasteiger partial charge in [-0.1, -0.05) is 32.1 Å². The van der Waals surface area contributed by atoms with Gasteiger partial charge in [0.1, 0.15) is 5.75 Å². The van der Waals surface area contributed by atoms with Crippen molar-refractivity contribution < 1.29 is 19.7 Å². The fourth-order valence-electron chi connectivity index (χ4n) is 2.31. The number of methoxy groups -OCH3 is 1. The van der Waals surface area contributed by atoms with E-state index in [0.717, 1.165) is 11.3 Å². The van der Waals surface area contributed by atoms with Crippen LogP contribution in [0.15, 0.2) is 36.9 Å². The monoisotopic (exact) mass is 308 g/mol. The summed E-state index contributed by atoms with van der Waals surface area (Å²) in [6.45, 7) is 8.31. The third kappa shape index (κ3) is 5.79. The summed E-state index contributed by atoms with van der Waals surface area (Å²) in [4.78, 5) is 0. The fraction of sp³-hybridized carbons (Fsp3) is 0.556. The van der Waals surface area contributed by atoms with Crippen LogP contribution in [0.25, 0.3) is 0 Å². The van der Waals surface area contributed by atoms with E-state index >= 15 is 0 Å². The number of benzene rings is 1. The van der Waals surface area contributed by atoms with Crippen LogP contribution in [0, 0.1) is 11.8 Å².